The van der Waals surface area contributed by atoms with Gasteiger partial charge in [0.2, 0.25) is 0 Å². The van der Waals surface area contributed by atoms with Crippen LogP contribution in [0.2, 0.25) is 0 Å². The number of unbranched alkanes of at least 4 members (excludes halogenated alkanes) is 1. The molecule has 1 fully saturated rings. The summed E-state index contributed by atoms with van der Waals surface area (Å²) in [5, 5.41) is 8.71. The highest BCUT2D eigenvalue weighted by molar-refractivity contribution is 5.67. The molecule has 0 unspecified atom stereocenters. The van der Waals surface area contributed by atoms with E-state index in [0.717, 1.165) is 50.6 Å². The van der Waals surface area contributed by atoms with Crippen LogP contribution in [0.3, 0.4) is 0 Å². The molecule has 1 aliphatic carbocycles. The minimum absolute atomic E-state index is 0.281. The minimum Gasteiger partial charge on any atom is -0.490 e. The number of rotatable bonds is 9. The van der Waals surface area contributed by atoms with E-state index in [2.05, 4.69) is 42.2 Å². The molecule has 28 heavy (non-hydrogen) atoms. The van der Waals surface area contributed by atoms with Crippen molar-refractivity contribution in [2.75, 3.05) is 19.6 Å². The van der Waals surface area contributed by atoms with Crippen LogP contribution < -0.4 is 4.74 Å². The van der Waals surface area contributed by atoms with Crippen molar-refractivity contribution in [3.05, 3.63) is 35.9 Å². The average Bonchev–Trinajstić information content (AvgIpc) is 2.73. The molecule has 0 radical (unpaired) electrons. The van der Waals surface area contributed by atoms with E-state index < -0.39 is 5.97 Å². The summed E-state index contributed by atoms with van der Waals surface area (Å²) >= 11 is 0. The van der Waals surface area contributed by atoms with Gasteiger partial charge in [-0.25, -0.2) is 0 Å². The Balaban J connectivity index is 1.43. The summed E-state index contributed by atoms with van der Waals surface area (Å²) in [6, 6.07) is 8.64. The van der Waals surface area contributed by atoms with Gasteiger partial charge in [0, 0.05) is 19.5 Å². The Morgan fingerprint density at radius 1 is 1.14 bits per heavy atom. The van der Waals surface area contributed by atoms with Gasteiger partial charge in [0.15, 0.2) is 0 Å². The first-order valence-electron chi connectivity index (χ1n) is 11.0. The summed E-state index contributed by atoms with van der Waals surface area (Å²) in [7, 11) is 0. The topological polar surface area (TPSA) is 49.8 Å². The molecule has 4 heteroatoms. The first kappa shape index (κ1) is 20.9. The van der Waals surface area contributed by atoms with E-state index in [0.29, 0.717) is 6.10 Å². The van der Waals surface area contributed by atoms with Gasteiger partial charge in [0.25, 0.3) is 0 Å². The average molecular weight is 386 g/mol. The van der Waals surface area contributed by atoms with Gasteiger partial charge in [0.1, 0.15) is 5.75 Å². The summed E-state index contributed by atoms with van der Waals surface area (Å²) in [5.74, 6) is 1.21. The van der Waals surface area contributed by atoms with Gasteiger partial charge in [-0.05, 0) is 80.7 Å². The number of carboxylic acid groups (broad SMARTS) is 1. The number of benzene rings is 1. The molecule has 0 amide bonds. The number of aliphatic carboxylic acids is 1. The maximum absolute atomic E-state index is 10.6. The summed E-state index contributed by atoms with van der Waals surface area (Å²) in [5.41, 5.74) is 2.71. The standard InChI is InChI=1S/C24H35NO3/c1-2-19-6-10-22(11-7-19)28-23-12-8-20(9-13-23)21-14-17-25(18-15-21)16-4-3-5-24(26)27/h8-9,12-14,19,22H,2-7,10-11,15-18H2,1H3,(H,26,27)/t19-,22-. The lowest BCUT2D eigenvalue weighted by Gasteiger charge is -2.28. The number of carbonyl (C=O) groups is 1. The second kappa shape index (κ2) is 10.7. The maximum atomic E-state index is 10.6. The number of nitrogens with zero attached hydrogens (tertiary/aromatic N) is 1. The number of hydrogen-bond acceptors (Lipinski definition) is 3. The van der Waals surface area contributed by atoms with Gasteiger partial charge in [0.05, 0.1) is 6.10 Å². The van der Waals surface area contributed by atoms with Crippen LogP contribution in [0.25, 0.3) is 5.57 Å². The van der Waals surface area contributed by atoms with Gasteiger partial charge in [-0.3, -0.25) is 9.69 Å². The minimum atomic E-state index is -0.693. The first-order valence-corrected chi connectivity index (χ1v) is 11.0. The van der Waals surface area contributed by atoms with Crippen LogP contribution in [0.15, 0.2) is 30.3 Å². The predicted molar refractivity (Wildman–Crippen MR) is 114 cm³/mol. The van der Waals surface area contributed by atoms with Gasteiger partial charge in [-0.1, -0.05) is 31.6 Å². The molecule has 2 aliphatic rings. The van der Waals surface area contributed by atoms with E-state index in [1.165, 1.54) is 43.2 Å². The van der Waals surface area contributed by atoms with Gasteiger partial charge >= 0.3 is 5.97 Å². The molecule has 0 aromatic heterocycles. The molecule has 3 rings (SSSR count). The summed E-state index contributed by atoms with van der Waals surface area (Å²) in [4.78, 5) is 13.0. The molecule has 0 atom stereocenters. The summed E-state index contributed by atoms with van der Waals surface area (Å²) < 4.78 is 6.21. The molecule has 1 aliphatic heterocycles. The summed E-state index contributed by atoms with van der Waals surface area (Å²) in [6.07, 6.45) is 12.1. The van der Waals surface area contributed by atoms with Gasteiger partial charge in [-0.2, -0.15) is 0 Å². The molecule has 0 bridgehead atoms. The number of ether oxygens (including phenoxy) is 1. The van der Waals surface area contributed by atoms with Gasteiger partial charge < -0.3 is 9.84 Å². The van der Waals surface area contributed by atoms with Crippen LogP contribution in [-0.4, -0.2) is 41.7 Å². The normalized spacial score (nSPS) is 23.2. The van der Waals surface area contributed by atoms with E-state index in [1.54, 1.807) is 0 Å². The van der Waals surface area contributed by atoms with Crippen LogP contribution >= 0.6 is 0 Å². The van der Waals surface area contributed by atoms with Crippen molar-refractivity contribution in [3.63, 3.8) is 0 Å². The maximum Gasteiger partial charge on any atom is 0.303 e. The van der Waals surface area contributed by atoms with E-state index in [1.807, 2.05) is 0 Å². The molecule has 154 valence electrons. The highest BCUT2D eigenvalue weighted by Crippen LogP contribution is 2.30. The van der Waals surface area contributed by atoms with E-state index in [-0.39, 0.29) is 6.42 Å². The Labute approximate surface area is 169 Å². The fourth-order valence-corrected chi connectivity index (χ4v) is 4.39. The molecule has 0 saturated heterocycles. The zero-order valence-electron chi connectivity index (χ0n) is 17.2. The molecular weight excluding hydrogens is 350 g/mol. The summed E-state index contributed by atoms with van der Waals surface area (Å²) in [6.45, 7) is 5.30. The van der Waals surface area contributed by atoms with Crippen molar-refractivity contribution in [2.24, 2.45) is 5.92 Å². The quantitative estimate of drug-likeness (QED) is 0.580. The third-order valence-corrected chi connectivity index (χ3v) is 6.31. The fraction of sp³-hybridized carbons (Fsp3) is 0.625. The van der Waals surface area contributed by atoms with Crippen molar-refractivity contribution in [3.8, 4) is 5.75 Å². The second-order valence-corrected chi connectivity index (χ2v) is 8.32. The van der Waals surface area contributed by atoms with Crippen LogP contribution in [0.5, 0.6) is 5.75 Å². The molecule has 4 nitrogen and oxygen atoms in total. The van der Waals surface area contributed by atoms with E-state index >= 15 is 0 Å². The molecule has 1 heterocycles. The Morgan fingerprint density at radius 2 is 1.89 bits per heavy atom. The van der Waals surface area contributed by atoms with Crippen LogP contribution in [-0.2, 0) is 4.79 Å². The molecule has 1 N–H and O–H groups in total. The van der Waals surface area contributed by atoms with Crippen molar-refractivity contribution in [1.29, 1.82) is 0 Å². The van der Waals surface area contributed by atoms with E-state index in [4.69, 9.17) is 9.84 Å². The second-order valence-electron chi connectivity index (χ2n) is 8.32. The smallest absolute Gasteiger partial charge is 0.303 e. The van der Waals surface area contributed by atoms with Crippen LogP contribution in [0, 0.1) is 5.92 Å². The highest BCUT2D eigenvalue weighted by Gasteiger charge is 2.21. The van der Waals surface area contributed by atoms with Crippen LogP contribution in [0.1, 0.15) is 70.3 Å². The zero-order chi connectivity index (χ0) is 19.8. The number of hydrogen-bond donors (Lipinski definition) is 1. The van der Waals surface area contributed by atoms with Crippen molar-refractivity contribution < 1.29 is 14.6 Å². The molecule has 1 saturated carbocycles. The van der Waals surface area contributed by atoms with Crippen molar-refractivity contribution >= 4 is 11.5 Å². The van der Waals surface area contributed by atoms with E-state index in [9.17, 15) is 4.79 Å². The zero-order valence-corrected chi connectivity index (χ0v) is 17.2. The SMILES string of the molecule is CC[C@H]1CC[C@H](Oc2ccc(C3=CCN(CCCCC(=O)O)CC3)cc2)CC1. The third-order valence-electron chi connectivity index (χ3n) is 6.31. The molecule has 1 aromatic carbocycles. The highest BCUT2D eigenvalue weighted by atomic mass is 16.5. The fourth-order valence-electron chi connectivity index (χ4n) is 4.39. The lowest BCUT2D eigenvalue weighted by atomic mass is 9.86. The van der Waals surface area contributed by atoms with Gasteiger partial charge in [-0.15, -0.1) is 0 Å². The van der Waals surface area contributed by atoms with Crippen molar-refractivity contribution in [1.82, 2.24) is 4.90 Å². The van der Waals surface area contributed by atoms with Crippen molar-refractivity contribution in [2.45, 2.75) is 70.8 Å². The number of carboxylic acids is 1. The predicted octanol–water partition coefficient (Wildman–Crippen LogP) is 5.38. The lowest BCUT2D eigenvalue weighted by molar-refractivity contribution is -0.137. The van der Waals surface area contributed by atoms with Crippen LogP contribution in [0.4, 0.5) is 0 Å². The lowest BCUT2D eigenvalue weighted by Crippen LogP contribution is -2.29. The molecule has 0 spiro atoms. The monoisotopic (exact) mass is 385 g/mol. The Hall–Kier alpha value is -1.81. The Bertz CT molecular complexity index is 644. The Morgan fingerprint density at radius 3 is 2.50 bits per heavy atom. The Kier molecular flexibility index (Phi) is 7.96. The third kappa shape index (κ3) is 6.37. The largest absolute Gasteiger partial charge is 0.490 e. The molecular formula is C24H35NO3. The molecule has 1 aromatic rings. The first-order chi connectivity index (χ1) is 13.6.